The minimum atomic E-state index is 0.844. The van der Waals surface area contributed by atoms with Gasteiger partial charge >= 0.3 is 0 Å². The molecular formula is C54H36N2O. The van der Waals surface area contributed by atoms with Crippen LogP contribution in [0.4, 0.5) is 17.1 Å². The second-order valence-corrected chi connectivity index (χ2v) is 14.5. The summed E-state index contributed by atoms with van der Waals surface area (Å²) in [5.74, 6) is 0. The number of hydrogen-bond acceptors (Lipinski definition) is 2. The van der Waals surface area contributed by atoms with Crippen molar-refractivity contribution in [3.8, 4) is 39.1 Å². The van der Waals surface area contributed by atoms with Crippen LogP contribution in [0.3, 0.4) is 0 Å². The molecule has 3 nitrogen and oxygen atoms in total. The molecule has 0 aliphatic rings. The topological polar surface area (TPSA) is 21.3 Å². The van der Waals surface area contributed by atoms with Gasteiger partial charge in [0, 0.05) is 44.2 Å². The second-order valence-electron chi connectivity index (χ2n) is 14.5. The van der Waals surface area contributed by atoms with Gasteiger partial charge in [0.1, 0.15) is 5.58 Å². The lowest BCUT2D eigenvalue weighted by Gasteiger charge is -2.26. The molecule has 3 heteroatoms. The molecule has 9 aromatic carbocycles. The van der Waals surface area contributed by atoms with E-state index in [-0.39, 0.29) is 0 Å². The highest BCUT2D eigenvalue weighted by Crippen LogP contribution is 2.46. The van der Waals surface area contributed by atoms with Crippen LogP contribution < -0.4 is 4.90 Å². The van der Waals surface area contributed by atoms with Crippen LogP contribution in [-0.4, -0.2) is 4.57 Å². The zero-order valence-electron chi connectivity index (χ0n) is 31.1. The molecule has 0 aliphatic carbocycles. The van der Waals surface area contributed by atoms with Gasteiger partial charge < -0.3 is 13.9 Å². The molecule has 2 aromatic heterocycles. The van der Waals surface area contributed by atoms with Crippen molar-refractivity contribution >= 4 is 60.8 Å². The van der Waals surface area contributed by atoms with Crippen LogP contribution in [0.2, 0.25) is 0 Å². The summed E-state index contributed by atoms with van der Waals surface area (Å²) in [7, 11) is 0. The molecule has 0 fully saturated rings. The largest absolute Gasteiger partial charge is 0.453 e. The third-order valence-electron chi connectivity index (χ3n) is 11.2. The van der Waals surface area contributed by atoms with Crippen molar-refractivity contribution in [1.82, 2.24) is 4.57 Å². The van der Waals surface area contributed by atoms with Crippen molar-refractivity contribution in [2.75, 3.05) is 4.90 Å². The first-order valence-corrected chi connectivity index (χ1v) is 19.4. The number of furan rings is 1. The number of aromatic nitrogens is 1. The van der Waals surface area contributed by atoms with Crippen molar-refractivity contribution in [2.24, 2.45) is 0 Å². The quantitative estimate of drug-likeness (QED) is 0.163. The Hall–Kier alpha value is -7.62. The lowest BCUT2D eigenvalue weighted by atomic mass is 9.99. The van der Waals surface area contributed by atoms with E-state index in [1.807, 2.05) is 0 Å². The van der Waals surface area contributed by atoms with E-state index in [2.05, 4.69) is 228 Å². The fourth-order valence-corrected chi connectivity index (χ4v) is 8.62. The second kappa shape index (κ2) is 13.6. The summed E-state index contributed by atoms with van der Waals surface area (Å²) in [6.45, 7) is 0. The molecule has 0 saturated carbocycles. The molecule has 11 aromatic rings. The molecule has 0 amide bonds. The number of fused-ring (bicyclic) bond motifs is 6. The smallest absolute Gasteiger partial charge is 0.159 e. The minimum Gasteiger partial charge on any atom is -0.453 e. The van der Waals surface area contributed by atoms with Crippen LogP contribution in [0.25, 0.3) is 82.8 Å². The Bertz CT molecular complexity index is 3220. The third kappa shape index (κ3) is 5.51. The van der Waals surface area contributed by atoms with Gasteiger partial charge in [-0.3, -0.25) is 0 Å². The van der Waals surface area contributed by atoms with Gasteiger partial charge in [0.05, 0.1) is 16.7 Å². The summed E-state index contributed by atoms with van der Waals surface area (Å²) in [6, 6.07) is 77.9. The van der Waals surface area contributed by atoms with Crippen LogP contribution in [-0.2, 0) is 0 Å². The average molecular weight is 729 g/mol. The third-order valence-corrected chi connectivity index (χ3v) is 11.2. The van der Waals surface area contributed by atoms with E-state index in [4.69, 9.17) is 4.42 Å². The Kier molecular flexibility index (Phi) is 7.82. The van der Waals surface area contributed by atoms with Gasteiger partial charge in [0.2, 0.25) is 0 Å². The number of benzene rings is 9. The Morgan fingerprint density at radius 1 is 0.351 bits per heavy atom. The number of hydrogen-bond donors (Lipinski definition) is 0. The molecule has 2 heterocycles. The maximum atomic E-state index is 7.05. The molecule has 0 unspecified atom stereocenters. The minimum absolute atomic E-state index is 0.844. The van der Waals surface area contributed by atoms with E-state index < -0.39 is 0 Å². The fraction of sp³-hybridized carbons (Fsp3) is 0. The Labute approximate surface area is 330 Å². The van der Waals surface area contributed by atoms with Crippen LogP contribution in [0.15, 0.2) is 223 Å². The van der Waals surface area contributed by atoms with E-state index in [1.54, 1.807) is 0 Å². The number of para-hydroxylation sites is 3. The Morgan fingerprint density at radius 2 is 0.912 bits per heavy atom. The maximum absolute atomic E-state index is 7.05. The molecule has 0 atom stereocenters. The van der Waals surface area contributed by atoms with E-state index >= 15 is 0 Å². The van der Waals surface area contributed by atoms with Gasteiger partial charge in [0.25, 0.3) is 0 Å². The number of nitrogens with zero attached hydrogens (tertiary/aromatic N) is 2. The Balaban J connectivity index is 1.20. The maximum Gasteiger partial charge on any atom is 0.159 e. The van der Waals surface area contributed by atoms with E-state index in [0.717, 1.165) is 66.9 Å². The van der Waals surface area contributed by atoms with Crippen molar-refractivity contribution in [3.63, 3.8) is 0 Å². The average Bonchev–Trinajstić information content (AvgIpc) is 3.84. The van der Waals surface area contributed by atoms with Gasteiger partial charge in [0.15, 0.2) is 5.58 Å². The number of rotatable bonds is 7. The lowest BCUT2D eigenvalue weighted by molar-refractivity contribution is 0.670. The Morgan fingerprint density at radius 3 is 1.65 bits per heavy atom. The van der Waals surface area contributed by atoms with Gasteiger partial charge in [-0.1, -0.05) is 170 Å². The predicted molar refractivity (Wildman–Crippen MR) is 239 cm³/mol. The molecule has 0 spiro atoms. The summed E-state index contributed by atoms with van der Waals surface area (Å²) < 4.78 is 9.46. The normalized spacial score (nSPS) is 11.5. The van der Waals surface area contributed by atoms with Gasteiger partial charge in [-0.2, -0.15) is 0 Å². The van der Waals surface area contributed by atoms with E-state index in [1.165, 1.54) is 33.0 Å². The monoisotopic (exact) mass is 728 g/mol. The highest BCUT2D eigenvalue weighted by atomic mass is 16.3. The highest BCUT2D eigenvalue weighted by molar-refractivity contribution is 6.17. The van der Waals surface area contributed by atoms with Crippen molar-refractivity contribution < 1.29 is 4.42 Å². The first-order valence-electron chi connectivity index (χ1n) is 19.4. The van der Waals surface area contributed by atoms with Crippen molar-refractivity contribution in [2.45, 2.75) is 0 Å². The molecule has 0 aliphatic heterocycles. The molecule has 57 heavy (non-hydrogen) atoms. The van der Waals surface area contributed by atoms with E-state index in [9.17, 15) is 0 Å². The zero-order valence-corrected chi connectivity index (χ0v) is 31.1. The SMILES string of the molecule is c1ccc(-c2cccc(N(c3ccc4c5c(-c6ccccc6)cccc5n(-c5ccccc5)c4c3)c3cccc4c3oc3c(-c5ccccc5)cccc34)c2)cc1. The van der Waals surface area contributed by atoms with Gasteiger partial charge in [-0.05, 0) is 76.3 Å². The van der Waals surface area contributed by atoms with Crippen LogP contribution >= 0.6 is 0 Å². The van der Waals surface area contributed by atoms with Gasteiger partial charge in [-0.15, -0.1) is 0 Å². The highest BCUT2D eigenvalue weighted by Gasteiger charge is 2.23. The molecule has 268 valence electrons. The summed E-state index contributed by atoms with van der Waals surface area (Å²) in [4.78, 5) is 2.36. The summed E-state index contributed by atoms with van der Waals surface area (Å²) in [5.41, 5.74) is 15.1. The van der Waals surface area contributed by atoms with E-state index in [0.29, 0.717) is 0 Å². The standard InChI is InChI=1S/C54H36N2O/c1-5-17-37(18-6-1)40-23-13-26-42(35-40)55(50-32-16-30-47-46-29-14-28-45(53(46)57-54(47)50)39-21-9-3-10-22-39)43-33-34-48-51(36-43)56(41-24-11-4-12-25-41)49-31-15-27-44(52(48)49)38-19-7-2-8-20-38/h1-36H. The zero-order chi connectivity index (χ0) is 37.7. The van der Waals surface area contributed by atoms with Crippen molar-refractivity contribution in [1.29, 1.82) is 0 Å². The summed E-state index contributed by atoms with van der Waals surface area (Å²) in [5, 5.41) is 4.61. The van der Waals surface area contributed by atoms with Crippen LogP contribution in [0.5, 0.6) is 0 Å². The fourth-order valence-electron chi connectivity index (χ4n) is 8.62. The van der Waals surface area contributed by atoms with Crippen molar-refractivity contribution in [3.05, 3.63) is 218 Å². The summed E-state index contributed by atoms with van der Waals surface area (Å²) >= 11 is 0. The molecule has 0 radical (unpaired) electrons. The predicted octanol–water partition coefficient (Wildman–Crippen LogP) is 15.2. The first-order chi connectivity index (χ1) is 28.3. The molecule has 0 N–H and O–H groups in total. The van der Waals surface area contributed by atoms with Gasteiger partial charge in [-0.25, -0.2) is 0 Å². The molecular weight excluding hydrogens is 693 g/mol. The summed E-state index contributed by atoms with van der Waals surface area (Å²) in [6.07, 6.45) is 0. The lowest BCUT2D eigenvalue weighted by Crippen LogP contribution is -2.10. The molecule has 11 rings (SSSR count). The first kappa shape index (κ1) is 32.8. The number of anilines is 3. The molecule has 0 bridgehead atoms. The molecule has 0 saturated heterocycles. The van der Waals surface area contributed by atoms with Crippen LogP contribution in [0, 0.1) is 0 Å². The van der Waals surface area contributed by atoms with Crippen LogP contribution in [0.1, 0.15) is 0 Å².